The number of nitrogens with zero attached hydrogens (tertiary/aromatic N) is 2. The van der Waals surface area contributed by atoms with Crippen LogP contribution in [0.4, 0.5) is 5.82 Å². The Bertz CT molecular complexity index is 1240. The Kier molecular flexibility index (Phi) is 7.29. The number of aromatic nitrogens is 2. The molecule has 164 valence electrons. The molecule has 5 nitrogen and oxygen atoms in total. The summed E-state index contributed by atoms with van der Waals surface area (Å²) in [7, 11) is 0. The molecular formula is C24H22ClN3O2S2. The smallest absolute Gasteiger partial charge is 0.348 e. The molecule has 4 aromatic rings. The fourth-order valence-corrected chi connectivity index (χ4v) is 5.35. The zero-order chi connectivity index (χ0) is 22.5. The van der Waals surface area contributed by atoms with E-state index in [0.717, 1.165) is 26.2 Å². The average molecular weight is 484 g/mol. The van der Waals surface area contributed by atoms with Gasteiger partial charge in [0.1, 0.15) is 21.3 Å². The number of rotatable bonds is 8. The van der Waals surface area contributed by atoms with Crippen LogP contribution in [0.5, 0.6) is 0 Å². The molecule has 0 radical (unpaired) electrons. The van der Waals surface area contributed by atoms with Crippen LogP contribution >= 0.6 is 34.7 Å². The number of ether oxygens (including phenoxy) is 1. The lowest BCUT2D eigenvalue weighted by Crippen LogP contribution is -2.06. The molecule has 0 aliphatic heterocycles. The van der Waals surface area contributed by atoms with Crippen LogP contribution in [0.25, 0.3) is 10.2 Å². The number of hydrogen-bond acceptors (Lipinski definition) is 7. The molecule has 0 amide bonds. The monoisotopic (exact) mass is 483 g/mol. The molecule has 0 unspecified atom stereocenters. The maximum atomic E-state index is 12.5. The van der Waals surface area contributed by atoms with Crippen molar-refractivity contribution in [3.63, 3.8) is 0 Å². The van der Waals surface area contributed by atoms with E-state index in [9.17, 15) is 4.79 Å². The van der Waals surface area contributed by atoms with Crippen molar-refractivity contribution in [3.05, 3.63) is 81.4 Å². The highest BCUT2D eigenvalue weighted by Gasteiger charge is 2.21. The molecule has 0 aliphatic rings. The SMILES string of the molecule is CCOC(=O)c1sc2nc(CSc3ccccc3)nc(NCc3cccc(Cl)c3)c2c1C. The summed E-state index contributed by atoms with van der Waals surface area (Å²) in [6.45, 7) is 4.60. The van der Waals surface area contributed by atoms with Crippen molar-refractivity contribution in [1.29, 1.82) is 0 Å². The van der Waals surface area contributed by atoms with Crippen LogP contribution in [0.15, 0.2) is 59.5 Å². The van der Waals surface area contributed by atoms with Crippen molar-refractivity contribution in [3.8, 4) is 0 Å². The van der Waals surface area contributed by atoms with Gasteiger partial charge in [-0.1, -0.05) is 41.9 Å². The third-order valence-electron chi connectivity index (χ3n) is 4.76. The summed E-state index contributed by atoms with van der Waals surface area (Å²) in [4.78, 5) is 24.5. The Morgan fingerprint density at radius 2 is 1.97 bits per heavy atom. The zero-order valence-electron chi connectivity index (χ0n) is 17.7. The zero-order valence-corrected chi connectivity index (χ0v) is 20.1. The topological polar surface area (TPSA) is 64.1 Å². The maximum Gasteiger partial charge on any atom is 0.348 e. The predicted octanol–water partition coefficient (Wildman–Crippen LogP) is 6.73. The van der Waals surface area contributed by atoms with Gasteiger partial charge < -0.3 is 10.1 Å². The lowest BCUT2D eigenvalue weighted by Gasteiger charge is -2.10. The second-order valence-corrected chi connectivity index (χ2v) is 9.51. The lowest BCUT2D eigenvalue weighted by molar-refractivity contribution is 0.0531. The van der Waals surface area contributed by atoms with Crippen molar-refractivity contribution in [1.82, 2.24) is 9.97 Å². The molecule has 2 heterocycles. The number of esters is 1. The highest BCUT2D eigenvalue weighted by atomic mass is 35.5. The minimum absolute atomic E-state index is 0.325. The summed E-state index contributed by atoms with van der Waals surface area (Å²) < 4.78 is 5.24. The second-order valence-electron chi connectivity index (χ2n) is 7.03. The normalized spacial score (nSPS) is 11.0. The fourth-order valence-electron chi connectivity index (χ4n) is 3.26. The molecule has 2 aromatic heterocycles. The van der Waals surface area contributed by atoms with E-state index < -0.39 is 0 Å². The van der Waals surface area contributed by atoms with Crippen LogP contribution in [0, 0.1) is 6.92 Å². The Hall–Kier alpha value is -2.61. The molecule has 1 N–H and O–H groups in total. The molecule has 0 fully saturated rings. The van der Waals surface area contributed by atoms with E-state index in [-0.39, 0.29) is 5.97 Å². The van der Waals surface area contributed by atoms with Crippen LogP contribution in [0.1, 0.15) is 33.5 Å². The fraction of sp³-hybridized carbons (Fsp3) is 0.208. The van der Waals surface area contributed by atoms with Crippen molar-refractivity contribution in [2.24, 2.45) is 0 Å². The van der Waals surface area contributed by atoms with Crippen molar-refractivity contribution in [2.45, 2.75) is 31.0 Å². The quantitative estimate of drug-likeness (QED) is 0.221. The summed E-state index contributed by atoms with van der Waals surface area (Å²) in [6.07, 6.45) is 0. The molecule has 2 aromatic carbocycles. The van der Waals surface area contributed by atoms with Gasteiger partial charge in [0, 0.05) is 16.5 Å². The Morgan fingerprint density at radius 1 is 1.16 bits per heavy atom. The number of anilines is 1. The molecule has 0 saturated carbocycles. The van der Waals surface area contributed by atoms with E-state index >= 15 is 0 Å². The van der Waals surface area contributed by atoms with E-state index in [1.807, 2.05) is 49.4 Å². The predicted molar refractivity (Wildman–Crippen MR) is 133 cm³/mol. The molecule has 4 rings (SSSR count). The Morgan fingerprint density at radius 3 is 2.72 bits per heavy atom. The minimum atomic E-state index is -0.325. The summed E-state index contributed by atoms with van der Waals surface area (Å²) in [5.41, 5.74) is 1.88. The summed E-state index contributed by atoms with van der Waals surface area (Å²) in [6, 6.07) is 17.9. The number of carbonyl (C=O) groups excluding carboxylic acids is 1. The first-order valence-corrected chi connectivity index (χ1v) is 12.4. The van der Waals surface area contributed by atoms with Gasteiger partial charge in [0.15, 0.2) is 0 Å². The number of hydrogen-bond donors (Lipinski definition) is 1. The van der Waals surface area contributed by atoms with Gasteiger partial charge in [-0.15, -0.1) is 23.1 Å². The summed E-state index contributed by atoms with van der Waals surface area (Å²) >= 11 is 9.16. The van der Waals surface area contributed by atoms with Gasteiger partial charge in [-0.25, -0.2) is 14.8 Å². The maximum absolute atomic E-state index is 12.5. The largest absolute Gasteiger partial charge is 0.462 e. The van der Waals surface area contributed by atoms with E-state index in [1.54, 1.807) is 18.7 Å². The van der Waals surface area contributed by atoms with Crippen LogP contribution in [-0.4, -0.2) is 22.5 Å². The van der Waals surface area contributed by atoms with Gasteiger partial charge in [0.05, 0.1) is 17.7 Å². The first kappa shape index (κ1) is 22.6. The number of carbonyl (C=O) groups is 1. The van der Waals surface area contributed by atoms with Gasteiger partial charge in [0.2, 0.25) is 0 Å². The third-order valence-corrected chi connectivity index (χ3v) is 7.17. The van der Waals surface area contributed by atoms with Crippen LogP contribution in [0.3, 0.4) is 0 Å². The lowest BCUT2D eigenvalue weighted by atomic mass is 10.2. The highest BCUT2D eigenvalue weighted by Crippen LogP contribution is 2.35. The molecule has 0 atom stereocenters. The van der Waals surface area contributed by atoms with E-state index in [0.29, 0.717) is 40.4 Å². The molecule has 8 heteroatoms. The number of aryl methyl sites for hydroxylation is 1. The van der Waals surface area contributed by atoms with E-state index in [4.69, 9.17) is 26.3 Å². The molecular weight excluding hydrogens is 462 g/mol. The number of nitrogens with one attached hydrogen (secondary N) is 1. The molecule has 0 spiro atoms. The van der Waals surface area contributed by atoms with E-state index in [2.05, 4.69) is 17.4 Å². The van der Waals surface area contributed by atoms with Gasteiger partial charge in [0.25, 0.3) is 0 Å². The molecule has 0 aliphatic carbocycles. The number of benzene rings is 2. The van der Waals surface area contributed by atoms with Crippen molar-refractivity contribution in [2.75, 3.05) is 11.9 Å². The average Bonchev–Trinajstić information content (AvgIpc) is 3.13. The van der Waals surface area contributed by atoms with Crippen molar-refractivity contribution < 1.29 is 9.53 Å². The Labute approximate surface area is 200 Å². The number of thiophene rings is 1. The standard InChI is InChI=1S/C24H22ClN3O2S2/c1-3-30-24(29)21-15(2)20-22(26-13-16-8-7-9-17(25)12-16)27-19(28-23(20)32-21)14-31-18-10-5-4-6-11-18/h4-12H,3,13-14H2,1-2H3,(H,26,27,28). The highest BCUT2D eigenvalue weighted by molar-refractivity contribution is 7.98. The second kappa shape index (κ2) is 10.3. The molecule has 0 saturated heterocycles. The summed E-state index contributed by atoms with van der Waals surface area (Å²) in [5.74, 6) is 1.71. The third kappa shape index (κ3) is 5.23. The Balaban J connectivity index is 1.68. The van der Waals surface area contributed by atoms with Gasteiger partial charge in [-0.3, -0.25) is 0 Å². The van der Waals surface area contributed by atoms with Crippen LogP contribution in [-0.2, 0) is 17.0 Å². The molecule has 0 bridgehead atoms. The first-order chi connectivity index (χ1) is 15.5. The molecule has 32 heavy (non-hydrogen) atoms. The van der Waals surface area contributed by atoms with Crippen LogP contribution < -0.4 is 5.32 Å². The minimum Gasteiger partial charge on any atom is -0.462 e. The number of thioether (sulfide) groups is 1. The van der Waals surface area contributed by atoms with E-state index in [1.165, 1.54) is 11.3 Å². The van der Waals surface area contributed by atoms with Gasteiger partial charge in [-0.2, -0.15) is 0 Å². The van der Waals surface area contributed by atoms with Crippen molar-refractivity contribution >= 4 is 56.7 Å². The number of halogens is 1. The van der Waals surface area contributed by atoms with Crippen LogP contribution in [0.2, 0.25) is 5.02 Å². The first-order valence-electron chi connectivity index (χ1n) is 10.2. The van der Waals surface area contributed by atoms with Gasteiger partial charge >= 0.3 is 5.97 Å². The number of fused-ring (bicyclic) bond motifs is 1. The summed E-state index contributed by atoms with van der Waals surface area (Å²) in [5, 5.41) is 4.97. The van der Waals surface area contributed by atoms with Gasteiger partial charge in [-0.05, 0) is 49.2 Å².